The zero-order chi connectivity index (χ0) is 23.9. The number of nitrogens with zero attached hydrogens (tertiary/aromatic N) is 8. The van der Waals surface area contributed by atoms with Crippen molar-refractivity contribution >= 4 is 23.2 Å². The van der Waals surface area contributed by atoms with Crippen molar-refractivity contribution in [3.05, 3.63) is 106 Å². The number of imidazole rings is 1. The molecule has 0 saturated heterocycles. The van der Waals surface area contributed by atoms with Crippen molar-refractivity contribution < 1.29 is 0 Å². The summed E-state index contributed by atoms with van der Waals surface area (Å²) in [5, 5.41) is 20.9. The highest BCUT2D eigenvalue weighted by Gasteiger charge is 2.30. The molecule has 4 heterocycles. The number of anilines is 1. The van der Waals surface area contributed by atoms with E-state index in [0.717, 1.165) is 33.8 Å². The molecule has 6 rings (SSSR count). The number of hydrogen-bond donors (Lipinski definition) is 1. The Morgan fingerprint density at radius 1 is 1.03 bits per heavy atom. The molecule has 1 aliphatic rings. The predicted molar refractivity (Wildman–Crippen MR) is 133 cm³/mol. The van der Waals surface area contributed by atoms with E-state index < -0.39 is 0 Å². The fourth-order valence-corrected chi connectivity index (χ4v) is 4.67. The first kappa shape index (κ1) is 21.3. The van der Waals surface area contributed by atoms with Gasteiger partial charge >= 0.3 is 0 Å². The lowest BCUT2D eigenvalue weighted by Crippen LogP contribution is -2.21. The fourth-order valence-electron chi connectivity index (χ4n) is 4.33. The second-order valence-corrected chi connectivity index (χ2v) is 8.91. The van der Waals surface area contributed by atoms with Crippen LogP contribution in [0.4, 0.5) is 5.95 Å². The van der Waals surface area contributed by atoms with Crippen LogP contribution in [0.2, 0.25) is 5.15 Å². The zero-order valence-electron chi connectivity index (χ0n) is 19.2. The summed E-state index contributed by atoms with van der Waals surface area (Å²) < 4.78 is 5.52. The van der Waals surface area contributed by atoms with Crippen LogP contribution in [0.5, 0.6) is 0 Å². The average molecular weight is 484 g/mol. The third-order valence-corrected chi connectivity index (χ3v) is 6.56. The Morgan fingerprint density at radius 3 is 2.57 bits per heavy atom. The first-order valence-electron chi connectivity index (χ1n) is 11.2. The van der Waals surface area contributed by atoms with Gasteiger partial charge < -0.3 is 9.88 Å². The van der Waals surface area contributed by atoms with Gasteiger partial charge in [-0.15, -0.1) is 0 Å². The Bertz CT molecular complexity index is 1510. The summed E-state index contributed by atoms with van der Waals surface area (Å²) in [4.78, 5) is 4.12. The summed E-state index contributed by atoms with van der Waals surface area (Å²) in [6.07, 6.45) is 7.53. The van der Waals surface area contributed by atoms with E-state index >= 15 is 0 Å². The van der Waals surface area contributed by atoms with Gasteiger partial charge in [0.25, 0.3) is 0 Å². The van der Waals surface area contributed by atoms with E-state index in [1.165, 1.54) is 5.56 Å². The van der Waals surface area contributed by atoms with E-state index in [4.69, 9.17) is 16.7 Å². The summed E-state index contributed by atoms with van der Waals surface area (Å²) in [5.74, 6) is 0.549. The molecule has 9 nitrogen and oxygen atoms in total. The van der Waals surface area contributed by atoms with Crippen LogP contribution in [0.1, 0.15) is 34.0 Å². The molecule has 1 N–H and O–H groups in total. The molecule has 35 heavy (non-hydrogen) atoms. The summed E-state index contributed by atoms with van der Waals surface area (Å²) in [5.41, 5.74) is 7.00. The second kappa shape index (κ2) is 8.52. The standard InChI is InChI=1S/C25H22ClN9/c1-16-3-5-18(6-4-16)14-34-24(26)23(17(2)30-34)22-13-21(28-25-29-31-32-35(22)25)19-7-9-20(10-8-19)33-12-11-27-15-33/h3-13,15,22H,14H2,1-2H3,(H,28,29,32)/t22-/m1/s1. The van der Waals surface area contributed by atoms with Crippen molar-refractivity contribution in [2.75, 3.05) is 5.32 Å². The van der Waals surface area contributed by atoms with Crippen LogP contribution in [-0.2, 0) is 6.54 Å². The van der Waals surface area contributed by atoms with Crippen molar-refractivity contribution in [1.29, 1.82) is 0 Å². The Hall–Kier alpha value is -4.24. The fraction of sp³-hybridized carbons (Fsp3) is 0.160. The number of benzene rings is 2. The third-order valence-electron chi connectivity index (χ3n) is 6.17. The number of aryl methyl sites for hydroxylation is 2. The Kier molecular flexibility index (Phi) is 5.18. The van der Waals surface area contributed by atoms with E-state index in [0.29, 0.717) is 17.6 Å². The highest BCUT2D eigenvalue weighted by atomic mass is 35.5. The minimum Gasteiger partial charge on any atom is -0.323 e. The van der Waals surface area contributed by atoms with Gasteiger partial charge in [0, 0.05) is 29.3 Å². The second-order valence-electron chi connectivity index (χ2n) is 8.55. The van der Waals surface area contributed by atoms with Gasteiger partial charge in [-0.2, -0.15) is 9.78 Å². The van der Waals surface area contributed by atoms with Crippen molar-refractivity contribution in [1.82, 2.24) is 39.5 Å². The Labute approximate surface area is 206 Å². The van der Waals surface area contributed by atoms with Crippen LogP contribution >= 0.6 is 11.6 Å². The molecule has 0 radical (unpaired) electrons. The number of halogens is 1. The van der Waals surface area contributed by atoms with Crippen LogP contribution in [0.3, 0.4) is 0 Å². The topological polar surface area (TPSA) is 91.3 Å². The molecule has 0 spiro atoms. The number of rotatable bonds is 5. The lowest BCUT2D eigenvalue weighted by Gasteiger charge is -2.23. The van der Waals surface area contributed by atoms with Crippen molar-refractivity contribution in [2.45, 2.75) is 26.4 Å². The molecule has 0 bridgehead atoms. The highest BCUT2D eigenvalue weighted by molar-refractivity contribution is 6.30. The number of nitrogens with one attached hydrogen (secondary N) is 1. The SMILES string of the molecule is Cc1ccc(Cn2nc(C)c([C@H]3C=C(c4ccc(-n5ccnc5)cc4)Nc4nnnn43)c2Cl)cc1. The van der Waals surface area contributed by atoms with Gasteiger partial charge in [-0.05, 0) is 53.6 Å². The molecule has 0 saturated carbocycles. The van der Waals surface area contributed by atoms with Crippen molar-refractivity contribution in [3.63, 3.8) is 0 Å². The molecule has 0 amide bonds. The molecule has 174 valence electrons. The van der Waals surface area contributed by atoms with Crippen molar-refractivity contribution in [3.8, 4) is 5.69 Å². The molecule has 1 atom stereocenters. The van der Waals surface area contributed by atoms with Gasteiger partial charge in [0.05, 0.1) is 18.6 Å². The summed E-state index contributed by atoms with van der Waals surface area (Å²) in [6, 6.07) is 16.3. The van der Waals surface area contributed by atoms with Gasteiger partial charge in [-0.1, -0.05) is 58.7 Å². The Morgan fingerprint density at radius 2 is 1.83 bits per heavy atom. The van der Waals surface area contributed by atoms with Crippen molar-refractivity contribution in [2.24, 2.45) is 0 Å². The number of tetrazole rings is 1. The third kappa shape index (κ3) is 3.89. The molecule has 1 aliphatic heterocycles. The van der Waals surface area contributed by atoms with E-state index in [1.54, 1.807) is 17.2 Å². The average Bonchev–Trinajstić information content (AvgIpc) is 3.62. The molecule has 0 aliphatic carbocycles. The van der Waals surface area contributed by atoms with Gasteiger partial charge in [0.2, 0.25) is 5.95 Å². The van der Waals surface area contributed by atoms with E-state index in [2.05, 4.69) is 75.2 Å². The van der Waals surface area contributed by atoms with Gasteiger partial charge in [0.15, 0.2) is 0 Å². The molecular formula is C25H22ClN9. The maximum atomic E-state index is 6.91. The minimum absolute atomic E-state index is 0.302. The maximum absolute atomic E-state index is 6.91. The minimum atomic E-state index is -0.302. The van der Waals surface area contributed by atoms with Gasteiger partial charge in [-0.3, -0.25) is 0 Å². The number of hydrogen-bond acceptors (Lipinski definition) is 6. The van der Waals surface area contributed by atoms with E-state index in [9.17, 15) is 0 Å². The number of fused-ring (bicyclic) bond motifs is 1. The predicted octanol–water partition coefficient (Wildman–Crippen LogP) is 4.43. The maximum Gasteiger partial charge on any atom is 0.248 e. The number of allylic oxidation sites excluding steroid dienone is 1. The van der Waals surface area contributed by atoms with Crippen LogP contribution in [0.15, 0.2) is 73.3 Å². The van der Waals surface area contributed by atoms with E-state index in [1.807, 2.05) is 34.5 Å². The van der Waals surface area contributed by atoms with Crippen LogP contribution in [-0.4, -0.2) is 39.5 Å². The lowest BCUT2D eigenvalue weighted by atomic mass is 10.0. The molecule has 3 aromatic heterocycles. The summed E-state index contributed by atoms with van der Waals surface area (Å²) in [6.45, 7) is 4.62. The molecular weight excluding hydrogens is 462 g/mol. The zero-order valence-corrected chi connectivity index (χ0v) is 19.9. The lowest BCUT2D eigenvalue weighted by molar-refractivity contribution is 0.583. The Balaban J connectivity index is 1.37. The first-order valence-corrected chi connectivity index (χ1v) is 11.6. The van der Waals surface area contributed by atoms with Crippen LogP contribution in [0.25, 0.3) is 11.4 Å². The monoisotopic (exact) mass is 483 g/mol. The smallest absolute Gasteiger partial charge is 0.248 e. The largest absolute Gasteiger partial charge is 0.323 e. The van der Waals surface area contributed by atoms with Crippen LogP contribution in [0, 0.1) is 13.8 Å². The first-order chi connectivity index (χ1) is 17.1. The summed E-state index contributed by atoms with van der Waals surface area (Å²) >= 11 is 6.91. The van der Waals surface area contributed by atoms with Gasteiger partial charge in [-0.25, -0.2) is 9.67 Å². The quantitative estimate of drug-likeness (QED) is 0.397. The molecule has 0 unspecified atom stereocenters. The highest BCUT2D eigenvalue weighted by Crippen LogP contribution is 2.36. The summed E-state index contributed by atoms with van der Waals surface area (Å²) in [7, 11) is 0. The molecule has 2 aromatic carbocycles. The molecule has 5 aromatic rings. The van der Waals surface area contributed by atoms with Crippen LogP contribution < -0.4 is 5.32 Å². The molecule has 0 fully saturated rings. The van der Waals surface area contributed by atoms with Gasteiger partial charge in [0.1, 0.15) is 11.2 Å². The normalized spacial score (nSPS) is 14.9. The van der Waals surface area contributed by atoms with E-state index in [-0.39, 0.29) is 6.04 Å². The molecule has 10 heteroatoms. The number of aromatic nitrogens is 8.